The minimum absolute atomic E-state index is 0.00610. The highest BCUT2D eigenvalue weighted by molar-refractivity contribution is 6.31. The molecule has 6 heteroatoms. The maximum Gasteiger partial charge on any atom is 0.241 e. The van der Waals surface area contributed by atoms with Gasteiger partial charge in [-0.05, 0) is 30.7 Å². The Morgan fingerprint density at radius 2 is 1.96 bits per heavy atom. The second-order valence-corrected chi connectivity index (χ2v) is 5.94. The van der Waals surface area contributed by atoms with Gasteiger partial charge in [-0.3, -0.25) is 4.79 Å². The number of nitrogens with zero attached hydrogens (tertiary/aromatic N) is 2. The second-order valence-electron chi connectivity index (χ2n) is 5.53. The third-order valence-corrected chi connectivity index (χ3v) is 4.17. The molecule has 0 heterocycles. The lowest BCUT2D eigenvalue weighted by atomic mass is 10.1. The van der Waals surface area contributed by atoms with Crippen molar-refractivity contribution in [3.63, 3.8) is 0 Å². The van der Waals surface area contributed by atoms with E-state index in [4.69, 9.17) is 16.9 Å². The molecule has 130 valence electrons. The van der Waals surface area contributed by atoms with Crippen molar-refractivity contribution in [3.8, 4) is 6.07 Å². The summed E-state index contributed by atoms with van der Waals surface area (Å²) in [5.41, 5.74) is 1.06. The molecular weight excluding hydrogens is 341 g/mol. The summed E-state index contributed by atoms with van der Waals surface area (Å²) in [5.74, 6) is -0.799. The van der Waals surface area contributed by atoms with Gasteiger partial charge in [-0.2, -0.15) is 5.26 Å². The molecule has 25 heavy (non-hydrogen) atoms. The predicted octanol–water partition coefficient (Wildman–Crippen LogP) is 4.08. The number of halogens is 2. The van der Waals surface area contributed by atoms with Gasteiger partial charge in [0.1, 0.15) is 5.82 Å². The van der Waals surface area contributed by atoms with Crippen LogP contribution in [0.4, 0.5) is 10.1 Å². The quantitative estimate of drug-likeness (QED) is 0.810. The van der Waals surface area contributed by atoms with E-state index in [0.717, 1.165) is 5.56 Å². The second kappa shape index (κ2) is 9.16. The zero-order valence-corrected chi connectivity index (χ0v) is 14.6. The van der Waals surface area contributed by atoms with Crippen LogP contribution in [-0.2, 0) is 4.79 Å². The number of anilines is 1. The summed E-state index contributed by atoms with van der Waals surface area (Å²) in [4.78, 5) is 13.9. The highest BCUT2D eigenvalue weighted by Gasteiger charge is 2.19. The van der Waals surface area contributed by atoms with Gasteiger partial charge in [-0.25, -0.2) is 4.39 Å². The van der Waals surface area contributed by atoms with Crippen LogP contribution in [0.3, 0.4) is 0 Å². The van der Waals surface area contributed by atoms with Crippen molar-refractivity contribution in [2.24, 2.45) is 0 Å². The molecule has 0 aliphatic heterocycles. The molecule has 1 atom stereocenters. The number of para-hydroxylation sites is 1. The molecule has 2 aromatic carbocycles. The SMILES string of the molecule is C[C@@H](NCC(=O)N(CCC#N)c1ccccc1F)c1ccccc1Cl. The van der Waals surface area contributed by atoms with Crippen molar-refractivity contribution in [2.45, 2.75) is 19.4 Å². The van der Waals surface area contributed by atoms with E-state index in [2.05, 4.69) is 5.32 Å². The van der Waals surface area contributed by atoms with Crippen LogP contribution in [0.1, 0.15) is 24.9 Å². The summed E-state index contributed by atoms with van der Waals surface area (Å²) in [7, 11) is 0. The van der Waals surface area contributed by atoms with Crippen molar-refractivity contribution in [2.75, 3.05) is 18.0 Å². The van der Waals surface area contributed by atoms with Crippen LogP contribution in [0.5, 0.6) is 0 Å². The molecule has 1 amide bonds. The van der Waals surface area contributed by atoms with E-state index >= 15 is 0 Å². The van der Waals surface area contributed by atoms with Gasteiger partial charge in [-0.15, -0.1) is 0 Å². The third kappa shape index (κ3) is 5.02. The smallest absolute Gasteiger partial charge is 0.241 e. The van der Waals surface area contributed by atoms with Gasteiger partial charge in [0.05, 0.1) is 24.7 Å². The van der Waals surface area contributed by atoms with Crippen molar-refractivity contribution in [3.05, 3.63) is 64.9 Å². The summed E-state index contributed by atoms with van der Waals surface area (Å²) in [6.45, 7) is 2.04. The first-order valence-corrected chi connectivity index (χ1v) is 8.32. The van der Waals surface area contributed by atoms with Crippen LogP contribution in [-0.4, -0.2) is 19.0 Å². The van der Waals surface area contributed by atoms with Crippen LogP contribution in [0.25, 0.3) is 0 Å². The number of rotatable bonds is 7. The summed E-state index contributed by atoms with van der Waals surface area (Å²) < 4.78 is 14.0. The molecule has 0 aliphatic carbocycles. The summed E-state index contributed by atoms with van der Waals surface area (Å²) in [5, 5.41) is 12.5. The maximum absolute atomic E-state index is 14.0. The molecule has 0 fully saturated rings. The largest absolute Gasteiger partial charge is 0.308 e. The molecule has 0 radical (unpaired) electrons. The van der Waals surface area contributed by atoms with E-state index in [1.165, 1.54) is 17.0 Å². The minimum atomic E-state index is -0.493. The fourth-order valence-corrected chi connectivity index (χ4v) is 2.78. The van der Waals surface area contributed by atoms with E-state index < -0.39 is 5.82 Å². The summed E-state index contributed by atoms with van der Waals surface area (Å²) in [6.07, 6.45) is 0.125. The Morgan fingerprint density at radius 3 is 2.64 bits per heavy atom. The first-order valence-electron chi connectivity index (χ1n) is 7.94. The molecular formula is C19H19ClFN3O. The molecule has 2 rings (SSSR count). The summed E-state index contributed by atoms with van der Waals surface area (Å²) in [6, 6.07) is 15.3. The Bertz CT molecular complexity index is 775. The zero-order chi connectivity index (χ0) is 18.2. The van der Waals surface area contributed by atoms with Crippen LogP contribution in [0.15, 0.2) is 48.5 Å². The predicted molar refractivity (Wildman–Crippen MR) is 96.9 cm³/mol. The highest BCUT2D eigenvalue weighted by Crippen LogP contribution is 2.22. The van der Waals surface area contributed by atoms with E-state index in [-0.39, 0.29) is 37.1 Å². The maximum atomic E-state index is 14.0. The van der Waals surface area contributed by atoms with Crippen molar-refractivity contribution >= 4 is 23.2 Å². The number of nitrogens with one attached hydrogen (secondary N) is 1. The number of carbonyl (C=O) groups is 1. The Balaban J connectivity index is 2.08. The fourth-order valence-electron chi connectivity index (χ4n) is 2.48. The number of hydrogen-bond donors (Lipinski definition) is 1. The first-order chi connectivity index (χ1) is 12.0. The molecule has 0 saturated carbocycles. The van der Waals surface area contributed by atoms with Gasteiger partial charge in [-0.1, -0.05) is 41.9 Å². The topological polar surface area (TPSA) is 56.1 Å². The minimum Gasteiger partial charge on any atom is -0.308 e. The molecule has 1 N–H and O–H groups in total. The Morgan fingerprint density at radius 1 is 1.28 bits per heavy atom. The Hall–Kier alpha value is -2.42. The molecule has 0 unspecified atom stereocenters. The number of nitriles is 1. The van der Waals surface area contributed by atoms with Gasteiger partial charge >= 0.3 is 0 Å². The molecule has 4 nitrogen and oxygen atoms in total. The fraction of sp³-hybridized carbons (Fsp3) is 0.263. The van der Waals surface area contributed by atoms with Crippen LogP contribution < -0.4 is 10.2 Å². The molecule has 0 bridgehead atoms. The van der Waals surface area contributed by atoms with E-state index in [9.17, 15) is 9.18 Å². The third-order valence-electron chi connectivity index (χ3n) is 3.82. The van der Waals surface area contributed by atoms with Crippen molar-refractivity contribution < 1.29 is 9.18 Å². The van der Waals surface area contributed by atoms with Crippen LogP contribution >= 0.6 is 11.6 Å². The molecule has 0 aliphatic rings. The van der Waals surface area contributed by atoms with Crippen molar-refractivity contribution in [1.82, 2.24) is 5.32 Å². The lowest BCUT2D eigenvalue weighted by Gasteiger charge is -2.24. The lowest BCUT2D eigenvalue weighted by Crippen LogP contribution is -2.40. The van der Waals surface area contributed by atoms with E-state index in [1.807, 2.05) is 31.2 Å². The number of amides is 1. The average molecular weight is 360 g/mol. The lowest BCUT2D eigenvalue weighted by molar-refractivity contribution is -0.117. The number of carbonyl (C=O) groups excluding carboxylic acids is 1. The monoisotopic (exact) mass is 359 g/mol. The first kappa shape index (κ1) is 18.9. The standard InChI is InChI=1S/C19H19ClFN3O/c1-14(15-7-2-3-8-16(15)20)23-13-19(25)24(12-6-11-22)18-10-5-4-9-17(18)21/h2-5,7-10,14,23H,6,12-13H2,1H3/t14-/m1/s1. The Kier molecular flexibility index (Phi) is 6.93. The average Bonchev–Trinajstić information content (AvgIpc) is 2.61. The van der Waals surface area contributed by atoms with Gasteiger partial charge in [0.2, 0.25) is 5.91 Å². The molecule has 0 spiro atoms. The molecule has 0 saturated heterocycles. The van der Waals surface area contributed by atoms with Gasteiger partial charge in [0.15, 0.2) is 0 Å². The normalized spacial score (nSPS) is 11.6. The van der Waals surface area contributed by atoms with Gasteiger partial charge in [0, 0.05) is 17.6 Å². The molecule has 2 aromatic rings. The summed E-state index contributed by atoms with van der Waals surface area (Å²) >= 11 is 6.16. The van der Waals surface area contributed by atoms with Crippen LogP contribution in [0, 0.1) is 17.1 Å². The van der Waals surface area contributed by atoms with Crippen LogP contribution in [0.2, 0.25) is 5.02 Å². The molecule has 0 aromatic heterocycles. The number of benzene rings is 2. The van der Waals surface area contributed by atoms with E-state index in [1.54, 1.807) is 18.2 Å². The zero-order valence-electron chi connectivity index (χ0n) is 13.9. The van der Waals surface area contributed by atoms with Crippen molar-refractivity contribution in [1.29, 1.82) is 5.26 Å². The van der Waals surface area contributed by atoms with Gasteiger partial charge < -0.3 is 10.2 Å². The highest BCUT2D eigenvalue weighted by atomic mass is 35.5. The van der Waals surface area contributed by atoms with E-state index in [0.29, 0.717) is 5.02 Å². The Labute approximate surface area is 151 Å². The number of hydrogen-bond acceptors (Lipinski definition) is 3. The van der Waals surface area contributed by atoms with Gasteiger partial charge in [0.25, 0.3) is 0 Å².